The Balaban J connectivity index is 2.29. The van der Waals surface area contributed by atoms with Gasteiger partial charge in [-0.25, -0.2) is 0 Å². The first kappa shape index (κ1) is 13.9. The molecule has 0 fully saturated rings. The summed E-state index contributed by atoms with van der Waals surface area (Å²) < 4.78 is 6.16. The molecule has 2 rings (SSSR count). The third kappa shape index (κ3) is 2.76. The number of aromatic nitrogens is 1. The van der Waals surface area contributed by atoms with Crippen molar-refractivity contribution in [2.24, 2.45) is 0 Å². The van der Waals surface area contributed by atoms with Gasteiger partial charge in [-0.1, -0.05) is 5.16 Å². The molecule has 4 nitrogen and oxygen atoms in total. The van der Waals surface area contributed by atoms with Gasteiger partial charge in [-0.15, -0.1) is 0 Å². The maximum atomic E-state index is 5.88. The van der Waals surface area contributed by atoms with Gasteiger partial charge in [0.25, 0.3) is 0 Å². The number of nitrogens with one attached hydrogen (secondary N) is 1. The van der Waals surface area contributed by atoms with Crippen molar-refractivity contribution in [2.75, 3.05) is 11.1 Å². The van der Waals surface area contributed by atoms with Gasteiger partial charge in [-0.2, -0.15) is 0 Å². The van der Waals surface area contributed by atoms with Crippen LogP contribution in [-0.4, -0.2) is 5.16 Å². The predicted molar refractivity (Wildman–Crippen MR) is 81.3 cm³/mol. The second-order valence-corrected chi connectivity index (χ2v) is 5.65. The number of nitrogens with two attached hydrogens (primary N) is 1. The van der Waals surface area contributed by atoms with E-state index in [1.165, 1.54) is 0 Å². The lowest BCUT2D eigenvalue weighted by molar-refractivity contribution is 0.392. The third-order valence-electron chi connectivity index (χ3n) is 3.25. The predicted octanol–water partition coefficient (Wildman–Crippen LogP) is 4.12. The van der Waals surface area contributed by atoms with Gasteiger partial charge in [0.2, 0.25) is 0 Å². The molecule has 1 aromatic heterocycles. The molecule has 2 aromatic rings. The fraction of sp³-hybridized carbons (Fsp3) is 0.357. The Hall–Kier alpha value is -1.49. The molecule has 102 valence electrons. The molecule has 0 saturated heterocycles. The summed E-state index contributed by atoms with van der Waals surface area (Å²) in [6.07, 6.45) is 0. The molecule has 1 aromatic carbocycles. The number of anilines is 2. The molecule has 3 N–H and O–H groups in total. The van der Waals surface area contributed by atoms with E-state index in [1.807, 2.05) is 32.9 Å². The van der Waals surface area contributed by atoms with E-state index in [4.69, 9.17) is 10.3 Å². The van der Waals surface area contributed by atoms with Crippen LogP contribution in [0.3, 0.4) is 0 Å². The van der Waals surface area contributed by atoms with Gasteiger partial charge in [0.1, 0.15) is 5.76 Å². The van der Waals surface area contributed by atoms with E-state index < -0.39 is 0 Å². The summed E-state index contributed by atoms with van der Waals surface area (Å²) in [5.41, 5.74) is 10.7. The minimum Gasteiger partial charge on any atom is -0.398 e. The van der Waals surface area contributed by atoms with Gasteiger partial charge in [-0.05, 0) is 61.3 Å². The second kappa shape index (κ2) is 5.25. The van der Waals surface area contributed by atoms with Crippen LogP contribution >= 0.6 is 15.9 Å². The molecule has 0 aliphatic carbocycles. The lowest BCUT2D eigenvalue weighted by atomic mass is 10.1. The minimum absolute atomic E-state index is 0.116. The Morgan fingerprint density at radius 2 is 2.00 bits per heavy atom. The highest BCUT2D eigenvalue weighted by molar-refractivity contribution is 9.10. The van der Waals surface area contributed by atoms with Crippen molar-refractivity contribution >= 4 is 27.3 Å². The molecule has 0 aliphatic heterocycles. The number of benzene rings is 1. The monoisotopic (exact) mass is 323 g/mol. The molecule has 5 heteroatoms. The smallest absolute Gasteiger partial charge is 0.139 e. The summed E-state index contributed by atoms with van der Waals surface area (Å²) in [5.74, 6) is 0.848. The van der Waals surface area contributed by atoms with Crippen molar-refractivity contribution in [2.45, 2.75) is 33.7 Å². The Kier molecular flexibility index (Phi) is 3.85. The van der Waals surface area contributed by atoms with Crippen LogP contribution in [0.4, 0.5) is 11.4 Å². The highest BCUT2D eigenvalue weighted by Gasteiger charge is 2.17. The van der Waals surface area contributed by atoms with E-state index >= 15 is 0 Å². The summed E-state index contributed by atoms with van der Waals surface area (Å²) in [6.45, 7) is 7.96. The van der Waals surface area contributed by atoms with Crippen molar-refractivity contribution < 1.29 is 4.52 Å². The van der Waals surface area contributed by atoms with Crippen LogP contribution in [0.1, 0.15) is 35.5 Å². The van der Waals surface area contributed by atoms with Crippen LogP contribution in [0.25, 0.3) is 0 Å². The van der Waals surface area contributed by atoms with Gasteiger partial charge in [0, 0.05) is 21.4 Å². The average molecular weight is 324 g/mol. The first-order valence-corrected chi connectivity index (χ1v) is 6.94. The van der Waals surface area contributed by atoms with Gasteiger partial charge in [0.15, 0.2) is 0 Å². The van der Waals surface area contributed by atoms with Crippen molar-refractivity contribution in [1.29, 1.82) is 0 Å². The first-order valence-electron chi connectivity index (χ1n) is 6.15. The largest absolute Gasteiger partial charge is 0.398 e. The third-order valence-corrected chi connectivity index (χ3v) is 3.91. The molecular weight excluding hydrogens is 306 g/mol. The second-order valence-electron chi connectivity index (χ2n) is 4.79. The average Bonchev–Trinajstić information content (AvgIpc) is 2.66. The number of hydrogen-bond acceptors (Lipinski definition) is 4. The van der Waals surface area contributed by atoms with E-state index in [0.717, 1.165) is 38.4 Å². The zero-order chi connectivity index (χ0) is 14.2. The lowest BCUT2D eigenvalue weighted by Crippen LogP contribution is -2.09. The maximum absolute atomic E-state index is 5.88. The summed E-state index contributed by atoms with van der Waals surface area (Å²) in [6, 6.07) is 4.07. The molecule has 1 atom stereocenters. The zero-order valence-electron chi connectivity index (χ0n) is 11.5. The molecule has 19 heavy (non-hydrogen) atoms. The van der Waals surface area contributed by atoms with Crippen molar-refractivity contribution in [3.8, 4) is 0 Å². The summed E-state index contributed by atoms with van der Waals surface area (Å²) in [7, 11) is 0. The summed E-state index contributed by atoms with van der Waals surface area (Å²) in [4.78, 5) is 0. The van der Waals surface area contributed by atoms with E-state index in [-0.39, 0.29) is 6.04 Å². The highest BCUT2D eigenvalue weighted by atomic mass is 79.9. The normalized spacial score (nSPS) is 12.5. The van der Waals surface area contributed by atoms with Gasteiger partial charge in [-0.3, -0.25) is 0 Å². The lowest BCUT2D eigenvalue weighted by Gasteiger charge is -2.17. The Morgan fingerprint density at radius 3 is 2.58 bits per heavy atom. The van der Waals surface area contributed by atoms with Crippen molar-refractivity contribution in [1.82, 2.24) is 5.16 Å². The zero-order valence-corrected chi connectivity index (χ0v) is 13.1. The Labute approximate surface area is 121 Å². The van der Waals surface area contributed by atoms with Crippen LogP contribution in [0.5, 0.6) is 0 Å². The number of nitrogens with zero attached hydrogens (tertiary/aromatic N) is 1. The van der Waals surface area contributed by atoms with Crippen LogP contribution < -0.4 is 11.1 Å². The first-order chi connectivity index (χ1) is 8.90. The summed E-state index contributed by atoms with van der Waals surface area (Å²) in [5, 5.41) is 7.45. The van der Waals surface area contributed by atoms with Crippen LogP contribution in [0.15, 0.2) is 21.1 Å². The topological polar surface area (TPSA) is 64.1 Å². The molecule has 0 spiro atoms. The SMILES string of the molecule is Cc1cc(NC(C)c2c(C)noc2C)c(Br)cc1N. The fourth-order valence-corrected chi connectivity index (χ4v) is 2.70. The van der Waals surface area contributed by atoms with E-state index in [2.05, 4.69) is 33.3 Å². The van der Waals surface area contributed by atoms with E-state index in [1.54, 1.807) is 0 Å². The number of nitrogen functional groups attached to an aromatic ring is 1. The standard InChI is InChI=1S/C14H18BrN3O/c1-7-5-13(11(15)6-12(7)16)17-8(2)14-9(3)18-19-10(14)4/h5-6,8,17H,16H2,1-4H3. The molecule has 0 saturated carbocycles. The number of halogens is 1. The van der Waals surface area contributed by atoms with Crippen molar-refractivity contribution in [3.63, 3.8) is 0 Å². The Bertz CT molecular complexity index is 587. The maximum Gasteiger partial charge on any atom is 0.139 e. The Morgan fingerprint density at radius 1 is 1.32 bits per heavy atom. The number of aryl methyl sites for hydroxylation is 3. The van der Waals surface area contributed by atoms with Gasteiger partial charge in [0.05, 0.1) is 11.7 Å². The molecule has 0 aliphatic rings. The summed E-state index contributed by atoms with van der Waals surface area (Å²) >= 11 is 3.53. The minimum atomic E-state index is 0.116. The molecule has 0 bridgehead atoms. The van der Waals surface area contributed by atoms with Crippen LogP contribution in [0.2, 0.25) is 0 Å². The van der Waals surface area contributed by atoms with E-state index in [9.17, 15) is 0 Å². The quantitative estimate of drug-likeness (QED) is 0.834. The van der Waals surface area contributed by atoms with Gasteiger partial charge >= 0.3 is 0 Å². The van der Waals surface area contributed by atoms with E-state index in [0.29, 0.717) is 0 Å². The van der Waals surface area contributed by atoms with Crippen molar-refractivity contribution in [3.05, 3.63) is 39.2 Å². The highest BCUT2D eigenvalue weighted by Crippen LogP contribution is 2.32. The molecule has 1 heterocycles. The number of hydrogen-bond donors (Lipinski definition) is 2. The van der Waals surface area contributed by atoms with Gasteiger partial charge < -0.3 is 15.6 Å². The molecule has 0 radical (unpaired) electrons. The fourth-order valence-electron chi connectivity index (χ4n) is 2.22. The molecular formula is C14H18BrN3O. The number of rotatable bonds is 3. The van der Waals surface area contributed by atoms with Crippen LogP contribution in [-0.2, 0) is 0 Å². The van der Waals surface area contributed by atoms with Crippen LogP contribution in [0, 0.1) is 20.8 Å². The molecule has 1 unspecified atom stereocenters. The molecule has 0 amide bonds.